The molecule has 1 aliphatic rings. The summed E-state index contributed by atoms with van der Waals surface area (Å²) in [6.07, 6.45) is 1.43. The van der Waals surface area contributed by atoms with E-state index in [1.165, 1.54) is 0 Å². The van der Waals surface area contributed by atoms with Gasteiger partial charge < -0.3 is 0 Å². The molecule has 1 saturated heterocycles. The molecular weight excluding hydrogens is 352 g/mol. The smallest absolute Gasteiger partial charge is 0.256 e. The number of carbonyl (C=O) groups is 2. The highest BCUT2D eigenvalue weighted by Gasteiger charge is 2.30. The van der Waals surface area contributed by atoms with Crippen molar-refractivity contribution in [2.45, 2.75) is 31.3 Å². The lowest BCUT2D eigenvalue weighted by Crippen LogP contribution is -2.50. The van der Waals surface area contributed by atoms with E-state index in [4.69, 9.17) is 11.6 Å². The van der Waals surface area contributed by atoms with Gasteiger partial charge in [0, 0.05) is 17.5 Å². The molecule has 0 saturated carbocycles. The van der Waals surface area contributed by atoms with Crippen LogP contribution in [-0.2, 0) is 16.0 Å². The number of amides is 2. The fraction of sp³-hybridized carbons (Fsp3) is 0.263. The summed E-state index contributed by atoms with van der Waals surface area (Å²) in [5.74, 6) is -0.518. The number of halogens is 1. The monoisotopic (exact) mass is 372 g/mol. The minimum atomic E-state index is -0.409. The Hall–Kier alpha value is -2.41. The van der Waals surface area contributed by atoms with Gasteiger partial charge in [-0.3, -0.25) is 20.4 Å². The van der Waals surface area contributed by atoms with E-state index in [0.717, 1.165) is 11.1 Å². The topological polar surface area (TPSA) is 82.3 Å². The zero-order valence-corrected chi connectivity index (χ0v) is 14.9. The Morgan fingerprint density at radius 1 is 1.04 bits per heavy atom. The number of hydrogen-bond acceptors (Lipinski definition) is 4. The van der Waals surface area contributed by atoms with Gasteiger partial charge in [0.1, 0.15) is 6.04 Å². The van der Waals surface area contributed by atoms with Crippen molar-refractivity contribution in [1.29, 1.82) is 0 Å². The quantitative estimate of drug-likeness (QED) is 0.605. The standard InChI is InChI=1S/C19H21ClN4O2/c20-15-8-4-5-13(11-15)9-10-18(25)23-24-19(26)17-12-16(21-22-17)14-6-2-1-3-7-14/h1-8,11,16-17,21-22H,9-10,12H2,(H,23,25)(H,24,26). The molecule has 2 amide bonds. The Morgan fingerprint density at radius 2 is 1.85 bits per heavy atom. The van der Waals surface area contributed by atoms with Crippen LogP contribution in [0.5, 0.6) is 0 Å². The highest BCUT2D eigenvalue weighted by molar-refractivity contribution is 6.30. The van der Waals surface area contributed by atoms with Crippen LogP contribution in [0.4, 0.5) is 0 Å². The van der Waals surface area contributed by atoms with Crippen LogP contribution in [0, 0.1) is 0 Å². The first-order valence-electron chi connectivity index (χ1n) is 8.51. The van der Waals surface area contributed by atoms with Gasteiger partial charge in [-0.15, -0.1) is 0 Å². The zero-order chi connectivity index (χ0) is 18.4. The summed E-state index contributed by atoms with van der Waals surface area (Å²) in [7, 11) is 0. The Kier molecular flexibility index (Phi) is 6.22. The molecule has 0 aliphatic carbocycles. The molecule has 2 aromatic rings. The SMILES string of the molecule is O=C(CCc1cccc(Cl)c1)NNC(=O)C1CC(c2ccccc2)NN1. The van der Waals surface area contributed by atoms with Crippen LogP contribution in [0.15, 0.2) is 54.6 Å². The van der Waals surface area contributed by atoms with Gasteiger partial charge in [-0.1, -0.05) is 54.1 Å². The van der Waals surface area contributed by atoms with Crippen molar-refractivity contribution in [2.75, 3.05) is 0 Å². The number of aryl methyl sites for hydroxylation is 1. The van der Waals surface area contributed by atoms with E-state index in [1.807, 2.05) is 48.5 Å². The average molecular weight is 373 g/mol. The zero-order valence-electron chi connectivity index (χ0n) is 14.2. The van der Waals surface area contributed by atoms with Crippen molar-refractivity contribution in [3.8, 4) is 0 Å². The summed E-state index contributed by atoms with van der Waals surface area (Å²) >= 11 is 5.92. The molecule has 1 aliphatic heterocycles. The molecule has 6 nitrogen and oxygen atoms in total. The van der Waals surface area contributed by atoms with Crippen LogP contribution in [0.2, 0.25) is 5.02 Å². The maximum absolute atomic E-state index is 12.2. The molecule has 2 atom stereocenters. The van der Waals surface area contributed by atoms with Gasteiger partial charge in [-0.2, -0.15) is 0 Å². The molecular formula is C19H21ClN4O2. The molecule has 0 bridgehead atoms. The Labute approximate surface area is 157 Å². The van der Waals surface area contributed by atoms with Crippen molar-refractivity contribution in [1.82, 2.24) is 21.7 Å². The second kappa shape index (κ2) is 8.80. The molecule has 1 heterocycles. The lowest BCUT2D eigenvalue weighted by atomic mass is 10.0. The highest BCUT2D eigenvalue weighted by Crippen LogP contribution is 2.21. The molecule has 0 radical (unpaired) electrons. The Bertz CT molecular complexity index is 769. The summed E-state index contributed by atoms with van der Waals surface area (Å²) in [5, 5.41) is 0.643. The van der Waals surface area contributed by atoms with E-state index < -0.39 is 6.04 Å². The normalized spacial score (nSPS) is 19.1. The van der Waals surface area contributed by atoms with E-state index in [9.17, 15) is 9.59 Å². The molecule has 2 aromatic carbocycles. The third-order valence-corrected chi connectivity index (χ3v) is 4.51. The van der Waals surface area contributed by atoms with Crippen LogP contribution in [0.3, 0.4) is 0 Å². The molecule has 7 heteroatoms. The predicted octanol–water partition coefficient (Wildman–Crippen LogP) is 2.03. The van der Waals surface area contributed by atoms with Crippen LogP contribution < -0.4 is 21.7 Å². The third kappa shape index (κ3) is 5.05. The van der Waals surface area contributed by atoms with Gasteiger partial charge in [0.2, 0.25) is 5.91 Å². The van der Waals surface area contributed by atoms with Gasteiger partial charge in [0.05, 0.1) is 0 Å². The van der Waals surface area contributed by atoms with Crippen molar-refractivity contribution < 1.29 is 9.59 Å². The Balaban J connectivity index is 1.40. The minimum Gasteiger partial charge on any atom is -0.273 e. The van der Waals surface area contributed by atoms with Crippen molar-refractivity contribution in [3.63, 3.8) is 0 Å². The largest absolute Gasteiger partial charge is 0.273 e. The van der Waals surface area contributed by atoms with E-state index in [1.54, 1.807) is 6.07 Å². The molecule has 26 heavy (non-hydrogen) atoms. The van der Waals surface area contributed by atoms with Crippen molar-refractivity contribution in [3.05, 3.63) is 70.7 Å². The molecule has 3 rings (SSSR count). The number of carbonyl (C=O) groups excluding carboxylic acids is 2. The van der Waals surface area contributed by atoms with Gasteiger partial charge in [-0.05, 0) is 36.1 Å². The Morgan fingerprint density at radius 3 is 2.62 bits per heavy atom. The van der Waals surface area contributed by atoms with Gasteiger partial charge in [-0.25, -0.2) is 10.9 Å². The maximum atomic E-state index is 12.2. The maximum Gasteiger partial charge on any atom is 0.256 e. The lowest BCUT2D eigenvalue weighted by Gasteiger charge is -2.12. The molecule has 0 spiro atoms. The van der Waals surface area contributed by atoms with E-state index in [0.29, 0.717) is 17.9 Å². The summed E-state index contributed by atoms with van der Waals surface area (Å²) in [5.41, 5.74) is 13.1. The first-order valence-corrected chi connectivity index (χ1v) is 8.89. The number of hydrazine groups is 2. The van der Waals surface area contributed by atoms with Gasteiger partial charge in [0.25, 0.3) is 5.91 Å². The molecule has 4 N–H and O–H groups in total. The van der Waals surface area contributed by atoms with E-state index in [2.05, 4.69) is 21.7 Å². The minimum absolute atomic E-state index is 0.0606. The number of nitrogens with one attached hydrogen (secondary N) is 4. The summed E-state index contributed by atoms with van der Waals surface area (Å²) < 4.78 is 0. The van der Waals surface area contributed by atoms with Crippen molar-refractivity contribution in [2.24, 2.45) is 0 Å². The average Bonchev–Trinajstić information content (AvgIpc) is 3.15. The first kappa shape index (κ1) is 18.4. The summed E-state index contributed by atoms with van der Waals surface area (Å²) in [6.45, 7) is 0. The number of rotatable bonds is 5. The molecule has 0 aromatic heterocycles. The van der Waals surface area contributed by atoms with Crippen LogP contribution >= 0.6 is 11.6 Å². The molecule has 136 valence electrons. The third-order valence-electron chi connectivity index (χ3n) is 4.28. The van der Waals surface area contributed by atoms with Crippen LogP contribution in [0.1, 0.15) is 30.0 Å². The van der Waals surface area contributed by atoms with E-state index >= 15 is 0 Å². The number of benzene rings is 2. The highest BCUT2D eigenvalue weighted by atomic mass is 35.5. The fourth-order valence-corrected chi connectivity index (χ4v) is 3.08. The van der Waals surface area contributed by atoms with Crippen LogP contribution in [0.25, 0.3) is 0 Å². The fourth-order valence-electron chi connectivity index (χ4n) is 2.86. The van der Waals surface area contributed by atoms with E-state index in [-0.39, 0.29) is 24.3 Å². The predicted molar refractivity (Wildman–Crippen MR) is 99.9 cm³/mol. The second-order valence-electron chi connectivity index (χ2n) is 6.21. The molecule has 1 fully saturated rings. The van der Waals surface area contributed by atoms with Gasteiger partial charge >= 0.3 is 0 Å². The van der Waals surface area contributed by atoms with Crippen molar-refractivity contribution >= 4 is 23.4 Å². The lowest BCUT2D eigenvalue weighted by molar-refractivity contribution is -0.129. The van der Waals surface area contributed by atoms with Gasteiger partial charge in [0.15, 0.2) is 0 Å². The first-order chi connectivity index (χ1) is 12.6. The number of hydrogen-bond donors (Lipinski definition) is 4. The summed E-state index contributed by atoms with van der Waals surface area (Å²) in [6, 6.07) is 16.9. The van der Waals surface area contributed by atoms with Crippen LogP contribution in [-0.4, -0.2) is 17.9 Å². The molecule has 2 unspecified atom stereocenters. The second-order valence-corrected chi connectivity index (χ2v) is 6.64. The summed E-state index contributed by atoms with van der Waals surface area (Å²) in [4.78, 5) is 24.1.